The summed E-state index contributed by atoms with van der Waals surface area (Å²) in [6, 6.07) is 6.79. The van der Waals surface area contributed by atoms with E-state index >= 15 is 0 Å². The number of nitrogens with one attached hydrogen (secondary N) is 2. The molecule has 0 amide bonds. The summed E-state index contributed by atoms with van der Waals surface area (Å²) in [5.41, 5.74) is 1.13. The van der Waals surface area contributed by atoms with Gasteiger partial charge in [-0.3, -0.25) is 28.7 Å². The molecule has 0 spiro atoms. The number of nitrogens with zero attached hydrogens (tertiary/aromatic N) is 6. The topological polar surface area (TPSA) is 422 Å². The first-order valence-corrected chi connectivity index (χ1v) is 21.0. The Bertz CT molecular complexity index is 2710. The molecule has 0 aromatic heterocycles. The zero-order valence-corrected chi connectivity index (χ0v) is 40.6. The number of fused-ring (bicyclic) bond motifs is 4. The molecule has 2 unspecified atom stereocenters. The third-order valence-electron chi connectivity index (χ3n) is 9.58. The maximum absolute atomic E-state index is 12.2. The van der Waals surface area contributed by atoms with Crippen molar-refractivity contribution in [3.05, 3.63) is 88.2 Å². The molecule has 0 fully saturated rings. The van der Waals surface area contributed by atoms with Crippen LogP contribution in [0.2, 0.25) is 0 Å². The summed E-state index contributed by atoms with van der Waals surface area (Å²) >= 11 is 0. The summed E-state index contributed by atoms with van der Waals surface area (Å²) < 4.78 is 32.0. The van der Waals surface area contributed by atoms with Crippen LogP contribution in [0.5, 0.6) is 0 Å². The van der Waals surface area contributed by atoms with E-state index < -0.39 is 101 Å². The minimum Gasteiger partial charge on any atom is -0.756 e. The van der Waals surface area contributed by atoms with Crippen molar-refractivity contribution >= 4 is 37.7 Å². The Balaban J connectivity index is 0.000000330. The van der Waals surface area contributed by atoms with E-state index in [0.29, 0.717) is 22.1 Å². The first-order valence-electron chi connectivity index (χ1n) is 18.0. The maximum atomic E-state index is 12.2. The van der Waals surface area contributed by atoms with Gasteiger partial charge in [0.2, 0.25) is 0 Å². The Morgan fingerprint density at radius 3 is 1.20 bits per heavy atom. The van der Waals surface area contributed by atoms with Gasteiger partial charge < -0.3 is 68.4 Å². The molecule has 4 heterocycles. The first-order chi connectivity index (χ1) is 28.7. The third kappa shape index (κ3) is 13.5. The molecule has 8 atom stereocenters. The van der Waals surface area contributed by atoms with Gasteiger partial charge in [-0.1, -0.05) is 0 Å². The largest absolute Gasteiger partial charge is 1.00 e. The molecule has 4 aliphatic rings. The molecule has 2 aromatic rings. The van der Waals surface area contributed by atoms with E-state index in [0.717, 1.165) is 22.3 Å². The normalized spacial score (nSPS) is 16.3. The molecular formula is C34H40N8Na2O18P2. The molecule has 10 N–H and O–H groups in total. The number of aromatic amines is 2. The van der Waals surface area contributed by atoms with Gasteiger partial charge in [-0.25, -0.2) is 19.6 Å². The number of rotatable bonds is 14. The smallest absolute Gasteiger partial charge is 0.756 e. The average molecular weight is 957 g/mol. The molecule has 30 heteroatoms. The number of aliphatic hydroxyl groups is 6. The number of benzene rings is 2. The van der Waals surface area contributed by atoms with Crippen LogP contribution in [-0.4, -0.2) is 129 Å². The van der Waals surface area contributed by atoms with Gasteiger partial charge in [-0.2, -0.15) is 9.97 Å². The van der Waals surface area contributed by atoms with Crippen LogP contribution in [0.25, 0.3) is 45.1 Å². The Kier molecular flexibility index (Phi) is 19.2. The molecule has 4 aliphatic heterocycles. The molecule has 6 rings (SSSR count). The second-order valence-corrected chi connectivity index (χ2v) is 16.6. The fourth-order valence-corrected chi connectivity index (χ4v) is 6.79. The van der Waals surface area contributed by atoms with Crippen LogP contribution >= 0.6 is 15.6 Å². The molecular weight excluding hydrogens is 916 g/mol. The van der Waals surface area contributed by atoms with Gasteiger partial charge in [0.15, 0.2) is 23.0 Å². The Morgan fingerprint density at radius 1 is 0.578 bits per heavy atom. The summed E-state index contributed by atoms with van der Waals surface area (Å²) in [5, 5.41) is 61.0. The molecule has 26 nitrogen and oxygen atoms in total. The fraction of sp³-hybridized carbons (Fsp3) is 0.412. The molecule has 64 heavy (non-hydrogen) atoms. The van der Waals surface area contributed by atoms with Crippen molar-refractivity contribution in [3.63, 3.8) is 0 Å². The van der Waals surface area contributed by atoms with Crippen LogP contribution in [0.4, 0.5) is 0 Å². The van der Waals surface area contributed by atoms with Gasteiger partial charge in [-0.15, -0.1) is 0 Å². The van der Waals surface area contributed by atoms with Crippen LogP contribution in [0, 0.1) is 27.7 Å². The quantitative estimate of drug-likeness (QED) is 0.0275. The molecule has 2 aromatic carbocycles. The average Bonchev–Trinajstić information content (AvgIpc) is 3.17. The molecule has 0 bridgehead atoms. The Morgan fingerprint density at radius 2 is 0.891 bits per heavy atom. The van der Waals surface area contributed by atoms with Crippen molar-refractivity contribution in [2.24, 2.45) is 0 Å². The van der Waals surface area contributed by atoms with Crippen LogP contribution in [0.1, 0.15) is 22.3 Å². The fourth-order valence-electron chi connectivity index (χ4n) is 6.11. The summed E-state index contributed by atoms with van der Waals surface area (Å²) in [5.74, 6) is -0.304. The van der Waals surface area contributed by atoms with Crippen LogP contribution < -0.4 is 91.4 Å². The van der Waals surface area contributed by atoms with Gasteiger partial charge in [0.1, 0.15) is 36.6 Å². The second kappa shape index (κ2) is 22.2. The van der Waals surface area contributed by atoms with Crippen LogP contribution in [0.15, 0.2) is 43.4 Å². The van der Waals surface area contributed by atoms with E-state index in [1.165, 1.54) is 9.13 Å². The van der Waals surface area contributed by atoms with Crippen molar-refractivity contribution in [2.75, 3.05) is 13.2 Å². The number of aliphatic hydroxyl groups excluding tert-OH is 6. The second-order valence-electron chi connectivity index (χ2n) is 14.2. The third-order valence-corrected chi connectivity index (χ3v) is 10.5. The Hall–Kier alpha value is -3.02. The number of phosphoric ester groups is 2. The zero-order valence-electron chi connectivity index (χ0n) is 34.8. The first kappa shape index (κ1) is 55.3. The van der Waals surface area contributed by atoms with Crippen LogP contribution in [0.3, 0.4) is 0 Å². The standard InChI is InChI=1S/2C17H21N4O9P.2Na/c2*1-7-3-9-10(4-8(7)2)21(15-13(18-9)16(25)20-17(26)19-15)5-11(22)14(24)12(23)6-30-31(27,28)29;;/h2*3-4,11-12,14,22-24H,5-6H2,1-2H3,(H,20,25,26)(H2,27,28,29);;/q;;2*+1/p-2/t2*11-,12+,14-;;/m00../s1. The number of hydrogen-bond acceptors (Lipinski definition) is 20. The maximum Gasteiger partial charge on any atom is 1.00 e. The van der Waals surface area contributed by atoms with E-state index in [-0.39, 0.29) is 82.2 Å². The molecule has 336 valence electrons. The number of phosphoric acid groups is 2. The summed E-state index contributed by atoms with van der Waals surface area (Å²) in [6.07, 6.45) is -11.0. The number of aryl methyl sites for hydroxylation is 4. The van der Waals surface area contributed by atoms with E-state index in [1.54, 1.807) is 24.3 Å². The Labute approximate surface area is 403 Å². The predicted octanol–water partition coefficient (Wildman–Crippen LogP) is -10.5. The van der Waals surface area contributed by atoms with E-state index in [1.807, 2.05) is 37.7 Å². The summed E-state index contributed by atoms with van der Waals surface area (Å²) in [4.78, 5) is 107. The van der Waals surface area contributed by atoms with Crippen molar-refractivity contribution in [1.82, 2.24) is 39.0 Å². The van der Waals surface area contributed by atoms with Gasteiger partial charge in [0.25, 0.3) is 26.8 Å². The van der Waals surface area contributed by atoms with E-state index in [2.05, 4.69) is 29.0 Å². The molecule has 0 saturated heterocycles. The van der Waals surface area contributed by atoms with Crippen molar-refractivity contribution in [3.8, 4) is 23.0 Å². The van der Waals surface area contributed by atoms with Crippen molar-refractivity contribution in [2.45, 2.75) is 77.4 Å². The zero-order chi connectivity index (χ0) is 46.2. The minimum atomic E-state index is -5.14. The van der Waals surface area contributed by atoms with Crippen LogP contribution in [-0.2, 0) is 31.3 Å². The van der Waals surface area contributed by atoms with Gasteiger partial charge >= 0.3 is 70.5 Å². The summed E-state index contributed by atoms with van der Waals surface area (Å²) in [6.45, 7) is 4.41. The van der Waals surface area contributed by atoms with Crippen molar-refractivity contribution < 1.29 is 128 Å². The monoisotopic (exact) mass is 956 g/mol. The van der Waals surface area contributed by atoms with E-state index in [4.69, 9.17) is 9.79 Å². The summed E-state index contributed by atoms with van der Waals surface area (Å²) in [7, 11) is -10.3. The molecule has 0 aliphatic carbocycles. The van der Waals surface area contributed by atoms with Crippen molar-refractivity contribution in [1.29, 1.82) is 0 Å². The SMILES string of the molecule is Cc1cc2nc3c(=O)[nH]c(=O)nc-3n(C[C@H](O)[C@H](O)[C@H](O)COP(=O)([O-])O)c2cc1C.Cc1cc2nc3c(=O)[nH]c(=O)nc-3n(C[C@H](O)[C@H](O)[C@H](O)COP(=O)([O-])O)c2cc1C.[Na+].[Na+]. The minimum absolute atomic E-state index is 0. The van der Waals surface area contributed by atoms with Gasteiger partial charge in [0.05, 0.1) is 48.4 Å². The number of hydrogen-bond donors (Lipinski definition) is 10. The number of H-pyrrole nitrogens is 2. The van der Waals surface area contributed by atoms with E-state index in [9.17, 15) is 68.7 Å². The molecule has 0 radical (unpaired) electrons. The number of aromatic nitrogens is 8. The molecule has 0 saturated carbocycles. The van der Waals surface area contributed by atoms with Gasteiger partial charge in [0, 0.05) is 0 Å². The van der Waals surface area contributed by atoms with Gasteiger partial charge in [-0.05, 0) is 74.2 Å². The predicted molar refractivity (Wildman–Crippen MR) is 209 cm³/mol.